The highest BCUT2D eigenvalue weighted by Gasteiger charge is 2.18. The van der Waals surface area contributed by atoms with E-state index in [1.807, 2.05) is 30.6 Å². The van der Waals surface area contributed by atoms with Crippen LogP contribution in [-0.4, -0.2) is 37.7 Å². The molecule has 4 aromatic heterocycles. The van der Waals surface area contributed by atoms with E-state index < -0.39 is 0 Å². The first kappa shape index (κ1) is 15.3. The number of pyridine rings is 2. The summed E-state index contributed by atoms with van der Waals surface area (Å²) in [6.07, 6.45) is 7.45. The second-order valence-corrected chi connectivity index (χ2v) is 6.82. The summed E-state index contributed by atoms with van der Waals surface area (Å²) in [5.41, 5.74) is 4.09. The van der Waals surface area contributed by atoms with Gasteiger partial charge in [0.1, 0.15) is 0 Å². The number of fused-ring (bicyclic) bond motifs is 2. The second kappa shape index (κ2) is 6.10. The maximum absolute atomic E-state index is 12.4. The van der Waals surface area contributed by atoms with Crippen molar-refractivity contribution >= 4 is 22.1 Å². The molecule has 0 unspecified atom stereocenters. The van der Waals surface area contributed by atoms with E-state index >= 15 is 0 Å². The second-order valence-electron chi connectivity index (χ2n) is 6.82. The number of aromatic amines is 2. The van der Waals surface area contributed by atoms with E-state index in [1.165, 1.54) is 0 Å². The maximum atomic E-state index is 12.4. The first-order chi connectivity index (χ1) is 12.8. The number of H-pyrrole nitrogens is 2. The van der Waals surface area contributed by atoms with Crippen LogP contribution in [0.5, 0.6) is 0 Å². The molecule has 0 atom stereocenters. The van der Waals surface area contributed by atoms with Gasteiger partial charge in [-0.15, -0.1) is 0 Å². The van der Waals surface area contributed by atoms with Gasteiger partial charge < -0.3 is 9.72 Å². The third-order valence-electron chi connectivity index (χ3n) is 5.14. The first-order valence-electron chi connectivity index (χ1n) is 8.88. The smallest absolute Gasteiger partial charge is 0.327 e. The largest absolute Gasteiger partial charge is 0.381 e. The normalized spacial score (nSPS) is 15.8. The van der Waals surface area contributed by atoms with Crippen molar-refractivity contribution in [1.29, 1.82) is 0 Å². The fourth-order valence-corrected chi connectivity index (χ4v) is 3.65. The molecular weight excluding hydrogens is 330 g/mol. The minimum Gasteiger partial charge on any atom is -0.381 e. The van der Waals surface area contributed by atoms with Crippen LogP contribution in [0, 0.1) is 5.92 Å². The molecule has 2 N–H and O–H groups in total. The molecule has 26 heavy (non-hydrogen) atoms. The topological polar surface area (TPSA) is 88.6 Å². The van der Waals surface area contributed by atoms with Gasteiger partial charge in [-0.3, -0.25) is 14.5 Å². The molecule has 7 nitrogen and oxygen atoms in total. The first-order valence-corrected chi connectivity index (χ1v) is 8.88. The number of ether oxygens (including phenoxy) is 1. The molecule has 4 aromatic rings. The van der Waals surface area contributed by atoms with Crippen LogP contribution in [-0.2, 0) is 11.3 Å². The molecule has 132 valence electrons. The Bertz CT molecular complexity index is 1130. The Labute approximate surface area is 149 Å². The van der Waals surface area contributed by atoms with Crippen LogP contribution in [0.3, 0.4) is 0 Å². The van der Waals surface area contributed by atoms with E-state index in [4.69, 9.17) is 4.74 Å². The van der Waals surface area contributed by atoms with Crippen LogP contribution in [0.1, 0.15) is 12.8 Å². The molecule has 1 aliphatic rings. The molecule has 5 rings (SSSR count). The molecule has 0 aliphatic carbocycles. The van der Waals surface area contributed by atoms with Gasteiger partial charge in [0.15, 0.2) is 5.65 Å². The van der Waals surface area contributed by atoms with Crippen LogP contribution < -0.4 is 5.69 Å². The van der Waals surface area contributed by atoms with Gasteiger partial charge in [-0.05, 0) is 37.0 Å². The quantitative estimate of drug-likeness (QED) is 0.595. The van der Waals surface area contributed by atoms with Crippen LogP contribution in [0.4, 0.5) is 0 Å². The van der Waals surface area contributed by atoms with E-state index in [0.717, 1.165) is 53.7 Å². The molecule has 1 fully saturated rings. The minimum absolute atomic E-state index is 0.106. The van der Waals surface area contributed by atoms with Gasteiger partial charge >= 0.3 is 5.69 Å². The summed E-state index contributed by atoms with van der Waals surface area (Å²) in [7, 11) is 0. The van der Waals surface area contributed by atoms with Crippen LogP contribution in [0.25, 0.3) is 33.3 Å². The Hall–Kier alpha value is -2.93. The van der Waals surface area contributed by atoms with E-state index in [9.17, 15) is 4.79 Å². The fourth-order valence-electron chi connectivity index (χ4n) is 3.65. The summed E-state index contributed by atoms with van der Waals surface area (Å²) in [6, 6.07) is 6.05. The number of hydrogen-bond acceptors (Lipinski definition) is 4. The lowest BCUT2D eigenvalue weighted by molar-refractivity contribution is 0.0613. The van der Waals surface area contributed by atoms with Gasteiger partial charge in [0.2, 0.25) is 0 Å². The van der Waals surface area contributed by atoms with E-state index in [0.29, 0.717) is 18.1 Å². The molecule has 0 spiro atoms. The highest BCUT2D eigenvalue weighted by Crippen LogP contribution is 2.24. The highest BCUT2D eigenvalue weighted by atomic mass is 16.5. The van der Waals surface area contributed by atoms with E-state index in [-0.39, 0.29) is 5.69 Å². The van der Waals surface area contributed by atoms with E-state index in [2.05, 4.69) is 19.9 Å². The van der Waals surface area contributed by atoms with Gasteiger partial charge in [0, 0.05) is 43.1 Å². The van der Waals surface area contributed by atoms with Crippen LogP contribution >= 0.6 is 0 Å². The molecule has 5 heterocycles. The Morgan fingerprint density at radius 2 is 2.08 bits per heavy atom. The van der Waals surface area contributed by atoms with Gasteiger partial charge in [-0.25, -0.2) is 9.78 Å². The summed E-state index contributed by atoms with van der Waals surface area (Å²) in [4.78, 5) is 27.4. The molecule has 0 amide bonds. The highest BCUT2D eigenvalue weighted by molar-refractivity contribution is 5.84. The van der Waals surface area contributed by atoms with Gasteiger partial charge in [0.25, 0.3) is 0 Å². The maximum Gasteiger partial charge on any atom is 0.327 e. The average Bonchev–Trinajstić information content (AvgIpc) is 3.26. The monoisotopic (exact) mass is 349 g/mol. The molecule has 0 aromatic carbocycles. The third kappa shape index (κ3) is 2.61. The number of nitrogens with one attached hydrogen (secondary N) is 2. The van der Waals surface area contributed by atoms with Crippen LogP contribution in [0.15, 0.2) is 41.6 Å². The van der Waals surface area contributed by atoms with Crippen molar-refractivity contribution in [3.8, 4) is 11.3 Å². The molecular formula is C19H19N5O2. The van der Waals surface area contributed by atoms with Crippen molar-refractivity contribution in [2.45, 2.75) is 19.4 Å². The lowest BCUT2D eigenvalue weighted by Gasteiger charge is -2.22. The zero-order valence-corrected chi connectivity index (χ0v) is 14.2. The molecule has 7 heteroatoms. The van der Waals surface area contributed by atoms with Gasteiger partial charge in [0.05, 0.1) is 22.9 Å². The summed E-state index contributed by atoms with van der Waals surface area (Å²) in [5.74, 6) is 0.457. The zero-order valence-electron chi connectivity index (χ0n) is 14.2. The fraction of sp³-hybridized carbons (Fsp3) is 0.316. The standard InChI is InChI=1S/C19H19N5O2/c25-19-23-18-17(24(19)11-12-2-5-26-6-3-12)8-14(9-22-18)15-7-13-1-4-20-16(13)10-21-15/h1,4,7-10,12,20H,2-3,5-6,11H2,(H,22,23,25). The SMILES string of the molecule is O=c1[nH]c2ncc(-c3cc4cc[nH]c4cn3)cc2n1CC1CCOCC1. The molecule has 1 aliphatic heterocycles. The lowest BCUT2D eigenvalue weighted by atomic mass is 10.0. The Morgan fingerprint density at radius 1 is 1.19 bits per heavy atom. The number of hydrogen-bond donors (Lipinski definition) is 2. The molecule has 0 saturated carbocycles. The number of rotatable bonds is 3. The molecule has 0 radical (unpaired) electrons. The summed E-state index contributed by atoms with van der Waals surface area (Å²) in [5, 5.41) is 1.10. The predicted octanol–water partition coefficient (Wildman–Crippen LogP) is 2.69. The summed E-state index contributed by atoms with van der Waals surface area (Å²) >= 11 is 0. The molecule has 1 saturated heterocycles. The third-order valence-corrected chi connectivity index (χ3v) is 5.14. The van der Waals surface area contributed by atoms with Gasteiger partial charge in [-0.2, -0.15) is 0 Å². The lowest BCUT2D eigenvalue weighted by Crippen LogP contribution is -2.25. The summed E-state index contributed by atoms with van der Waals surface area (Å²) < 4.78 is 7.23. The average molecular weight is 349 g/mol. The van der Waals surface area contributed by atoms with Crippen molar-refractivity contribution < 1.29 is 4.74 Å². The van der Waals surface area contributed by atoms with Crippen molar-refractivity contribution in [2.75, 3.05) is 13.2 Å². The van der Waals surface area contributed by atoms with Crippen molar-refractivity contribution in [1.82, 2.24) is 24.5 Å². The Balaban J connectivity index is 1.57. The predicted molar refractivity (Wildman–Crippen MR) is 99.0 cm³/mol. The Morgan fingerprint density at radius 3 is 2.96 bits per heavy atom. The molecule has 0 bridgehead atoms. The Kier molecular flexibility index (Phi) is 3.60. The number of imidazole rings is 1. The summed E-state index contributed by atoms with van der Waals surface area (Å²) in [6.45, 7) is 2.23. The number of aromatic nitrogens is 5. The van der Waals surface area contributed by atoms with E-state index in [1.54, 1.807) is 10.8 Å². The minimum atomic E-state index is -0.106. The number of nitrogens with zero attached hydrogens (tertiary/aromatic N) is 3. The van der Waals surface area contributed by atoms with Crippen molar-refractivity contribution in [2.24, 2.45) is 5.92 Å². The van der Waals surface area contributed by atoms with Crippen molar-refractivity contribution in [3.05, 3.63) is 47.3 Å². The van der Waals surface area contributed by atoms with Crippen molar-refractivity contribution in [3.63, 3.8) is 0 Å². The van der Waals surface area contributed by atoms with Gasteiger partial charge in [-0.1, -0.05) is 0 Å². The zero-order chi connectivity index (χ0) is 17.5. The van der Waals surface area contributed by atoms with Crippen LogP contribution in [0.2, 0.25) is 0 Å².